The smallest absolute Gasteiger partial charge is 0.302 e. The molecule has 190 valence electrons. The number of rotatable bonds is 6. The Bertz CT molecular complexity index is 720. The molecule has 4 aliphatic rings. The number of aliphatic hydroxyl groups excluding tert-OH is 1. The minimum absolute atomic E-state index is 0.297. The Morgan fingerprint density at radius 2 is 1.70 bits per heavy atom. The van der Waals surface area contributed by atoms with Crippen molar-refractivity contribution in [2.75, 3.05) is 0 Å². The highest BCUT2D eigenvalue weighted by Gasteiger charge is 2.67. The van der Waals surface area contributed by atoms with Gasteiger partial charge in [-0.25, -0.2) is 0 Å². The van der Waals surface area contributed by atoms with E-state index in [9.17, 15) is 15.0 Å². The summed E-state index contributed by atoms with van der Waals surface area (Å²) in [7, 11) is 0. The lowest BCUT2D eigenvalue weighted by Gasteiger charge is -2.65. The van der Waals surface area contributed by atoms with Gasteiger partial charge in [-0.05, 0) is 92.3 Å². The molecule has 0 unspecified atom stereocenters. The van der Waals surface area contributed by atoms with Gasteiger partial charge in [-0.3, -0.25) is 4.79 Å². The fourth-order valence-electron chi connectivity index (χ4n) is 9.63. The van der Waals surface area contributed by atoms with Gasteiger partial charge in [0.2, 0.25) is 0 Å². The van der Waals surface area contributed by atoms with Crippen molar-refractivity contribution >= 4 is 5.97 Å². The molecule has 4 rings (SSSR count). The van der Waals surface area contributed by atoms with Gasteiger partial charge in [0.1, 0.15) is 12.2 Å². The molecule has 0 radical (unpaired) electrons. The number of ether oxygens (including phenoxy) is 1. The van der Waals surface area contributed by atoms with Crippen LogP contribution in [0.25, 0.3) is 0 Å². The highest BCUT2D eigenvalue weighted by Crippen LogP contribution is 2.69. The Balaban J connectivity index is 1.50. The molecular formula is C29H50O4. The molecule has 0 aromatic rings. The molecule has 0 aliphatic heterocycles. The van der Waals surface area contributed by atoms with Crippen LogP contribution in [-0.2, 0) is 9.53 Å². The van der Waals surface area contributed by atoms with Crippen LogP contribution >= 0.6 is 0 Å². The molecule has 0 heterocycles. The third-order valence-corrected chi connectivity index (χ3v) is 11.4. The summed E-state index contributed by atoms with van der Waals surface area (Å²) in [5.41, 5.74) is -1.02. The molecule has 0 saturated heterocycles. The fraction of sp³-hybridized carbons (Fsp3) is 0.966. The maximum absolute atomic E-state index is 11.9. The van der Waals surface area contributed by atoms with Crippen molar-refractivity contribution in [2.45, 2.75) is 130 Å². The van der Waals surface area contributed by atoms with Crippen LogP contribution in [0.2, 0.25) is 0 Å². The second-order valence-electron chi connectivity index (χ2n) is 13.4. The fourth-order valence-corrected chi connectivity index (χ4v) is 9.63. The zero-order chi connectivity index (χ0) is 24.2. The van der Waals surface area contributed by atoms with Crippen LogP contribution in [0, 0.1) is 46.3 Å². The van der Waals surface area contributed by atoms with Gasteiger partial charge in [0.15, 0.2) is 0 Å². The van der Waals surface area contributed by atoms with Crippen molar-refractivity contribution in [3.8, 4) is 0 Å². The van der Waals surface area contributed by atoms with E-state index in [2.05, 4.69) is 34.6 Å². The van der Waals surface area contributed by atoms with Crippen LogP contribution in [0.15, 0.2) is 0 Å². The number of aliphatic hydroxyl groups is 2. The molecule has 0 spiro atoms. The SMILES string of the molecule is CC(=O)O[C@H]1CC[C@]2(C)[C@H]3CC[C@]4(C)[C@@H]([C@H](C)CCCC(C)C)CC[C@H]4[C@@H]3CC[C@@]2(O)[C@H]1O. The number of carbonyl (C=O) groups is 1. The van der Waals surface area contributed by atoms with Gasteiger partial charge in [-0.1, -0.05) is 53.9 Å². The number of fused-ring (bicyclic) bond motifs is 5. The Morgan fingerprint density at radius 3 is 2.36 bits per heavy atom. The average molecular weight is 463 g/mol. The maximum Gasteiger partial charge on any atom is 0.302 e. The molecule has 4 aliphatic carbocycles. The standard InChI is InChI=1S/C29H50O4/c1-18(2)8-7-9-19(3)22-10-11-23-21-12-17-29(32)26(31)25(33-20(4)30)14-16-28(29,6)24(21)13-15-27(22,23)5/h18-19,21-26,31-32H,7-17H2,1-6H3/t19-,21+,22-,23+,24+,25+,26+,27-,28-,29-/m1/s1. The first-order chi connectivity index (χ1) is 15.4. The van der Waals surface area contributed by atoms with Crippen LogP contribution in [0.3, 0.4) is 0 Å². The number of hydrogen-bond donors (Lipinski definition) is 2. The Labute approximate surface area is 202 Å². The van der Waals surface area contributed by atoms with Crippen molar-refractivity contribution < 1.29 is 19.7 Å². The molecule has 0 amide bonds. The largest absolute Gasteiger partial charge is 0.460 e. The van der Waals surface area contributed by atoms with E-state index in [0.717, 1.165) is 42.9 Å². The van der Waals surface area contributed by atoms with Crippen molar-refractivity contribution in [1.82, 2.24) is 0 Å². The first kappa shape index (κ1) is 25.5. The summed E-state index contributed by atoms with van der Waals surface area (Å²) in [5, 5.41) is 23.1. The van der Waals surface area contributed by atoms with Crippen LogP contribution in [0.5, 0.6) is 0 Å². The van der Waals surface area contributed by atoms with E-state index in [-0.39, 0.29) is 11.4 Å². The van der Waals surface area contributed by atoms with Crippen molar-refractivity contribution in [2.24, 2.45) is 46.3 Å². The van der Waals surface area contributed by atoms with Gasteiger partial charge in [0.05, 0.1) is 5.60 Å². The van der Waals surface area contributed by atoms with E-state index >= 15 is 0 Å². The monoisotopic (exact) mass is 462 g/mol. The Hall–Kier alpha value is -0.610. The van der Waals surface area contributed by atoms with E-state index in [4.69, 9.17) is 4.74 Å². The van der Waals surface area contributed by atoms with Crippen molar-refractivity contribution in [3.05, 3.63) is 0 Å². The molecule has 4 heteroatoms. The van der Waals surface area contributed by atoms with Gasteiger partial charge in [-0.15, -0.1) is 0 Å². The summed E-state index contributed by atoms with van der Waals surface area (Å²) in [6.45, 7) is 13.4. The Kier molecular flexibility index (Phi) is 7.04. The van der Waals surface area contributed by atoms with E-state index in [1.54, 1.807) is 0 Å². The quantitative estimate of drug-likeness (QED) is 0.466. The van der Waals surface area contributed by atoms with Crippen LogP contribution in [-0.4, -0.2) is 34.0 Å². The maximum atomic E-state index is 11.9. The van der Waals surface area contributed by atoms with Gasteiger partial charge >= 0.3 is 5.97 Å². The predicted molar refractivity (Wildman–Crippen MR) is 131 cm³/mol. The van der Waals surface area contributed by atoms with Gasteiger partial charge < -0.3 is 14.9 Å². The highest BCUT2D eigenvalue weighted by atomic mass is 16.6. The van der Waals surface area contributed by atoms with Crippen molar-refractivity contribution in [3.63, 3.8) is 0 Å². The van der Waals surface area contributed by atoms with Crippen molar-refractivity contribution in [1.29, 1.82) is 0 Å². The van der Waals surface area contributed by atoms with E-state index in [0.29, 0.717) is 30.1 Å². The number of esters is 1. The average Bonchev–Trinajstić information content (AvgIpc) is 3.09. The number of hydrogen-bond acceptors (Lipinski definition) is 4. The zero-order valence-electron chi connectivity index (χ0n) is 22.1. The van der Waals surface area contributed by atoms with E-state index < -0.39 is 17.8 Å². The molecule has 0 aromatic heterocycles. The molecule has 0 aromatic carbocycles. The molecule has 4 saturated carbocycles. The molecule has 33 heavy (non-hydrogen) atoms. The Morgan fingerprint density at radius 1 is 0.970 bits per heavy atom. The second kappa shape index (κ2) is 9.12. The summed E-state index contributed by atoms with van der Waals surface area (Å²) in [6.07, 6.45) is 10.7. The van der Waals surface area contributed by atoms with Crippen LogP contribution in [0.4, 0.5) is 0 Å². The summed E-state index contributed by atoms with van der Waals surface area (Å²) < 4.78 is 5.42. The lowest BCUT2D eigenvalue weighted by molar-refractivity contribution is -0.270. The summed E-state index contributed by atoms with van der Waals surface area (Å²) in [6, 6.07) is 0. The third-order valence-electron chi connectivity index (χ3n) is 11.4. The first-order valence-corrected chi connectivity index (χ1v) is 14.0. The minimum Gasteiger partial charge on any atom is -0.460 e. The molecule has 4 nitrogen and oxygen atoms in total. The molecular weight excluding hydrogens is 412 g/mol. The topological polar surface area (TPSA) is 66.8 Å². The minimum atomic E-state index is -1.15. The molecule has 4 fully saturated rings. The second-order valence-corrected chi connectivity index (χ2v) is 13.4. The van der Waals surface area contributed by atoms with Crippen LogP contribution < -0.4 is 0 Å². The zero-order valence-corrected chi connectivity index (χ0v) is 22.1. The molecule has 10 atom stereocenters. The summed E-state index contributed by atoms with van der Waals surface area (Å²) in [4.78, 5) is 11.6. The van der Waals surface area contributed by atoms with Gasteiger partial charge in [0, 0.05) is 12.3 Å². The van der Waals surface area contributed by atoms with Crippen LogP contribution in [0.1, 0.15) is 112 Å². The van der Waals surface area contributed by atoms with E-state index in [1.165, 1.54) is 45.4 Å². The third kappa shape index (κ3) is 4.09. The summed E-state index contributed by atoms with van der Waals surface area (Å²) in [5.74, 6) is 3.91. The lowest BCUT2D eigenvalue weighted by Crippen LogP contribution is -2.69. The van der Waals surface area contributed by atoms with Gasteiger partial charge in [0.25, 0.3) is 0 Å². The van der Waals surface area contributed by atoms with E-state index in [1.807, 2.05) is 0 Å². The van der Waals surface area contributed by atoms with Gasteiger partial charge in [-0.2, -0.15) is 0 Å². The lowest BCUT2D eigenvalue weighted by atomic mass is 9.42. The molecule has 0 bridgehead atoms. The summed E-state index contributed by atoms with van der Waals surface area (Å²) >= 11 is 0. The normalized spacial score (nSPS) is 48.0. The number of carbonyl (C=O) groups excluding carboxylic acids is 1. The molecule has 2 N–H and O–H groups in total. The predicted octanol–water partition coefficient (Wildman–Crippen LogP) is 6.13. The highest BCUT2D eigenvalue weighted by molar-refractivity contribution is 5.66. The first-order valence-electron chi connectivity index (χ1n) is 14.0.